The van der Waals surface area contributed by atoms with Crippen molar-refractivity contribution in [3.63, 3.8) is 0 Å². The van der Waals surface area contributed by atoms with Crippen LogP contribution in [0.5, 0.6) is 0 Å². The molecule has 0 spiro atoms. The Morgan fingerprint density at radius 3 is 2.29 bits per heavy atom. The molecule has 0 aliphatic rings. The van der Waals surface area contributed by atoms with Gasteiger partial charge < -0.3 is 4.57 Å². The molecule has 0 saturated carbocycles. The van der Waals surface area contributed by atoms with Gasteiger partial charge in [-0.25, -0.2) is 0 Å². The summed E-state index contributed by atoms with van der Waals surface area (Å²) in [5, 5.41) is 2.24. The molecule has 0 amide bonds. The van der Waals surface area contributed by atoms with Crippen LogP contribution in [0.25, 0.3) is 38.8 Å². The molecule has 4 aromatic heterocycles. The lowest BCUT2D eigenvalue weighted by Gasteiger charge is -2.12. The Morgan fingerprint density at radius 2 is 1.61 bits per heavy atom. The van der Waals surface area contributed by atoms with Crippen LogP contribution in [0.3, 0.4) is 0 Å². The van der Waals surface area contributed by atoms with Crippen molar-refractivity contribution < 1.29 is 4.57 Å². The van der Waals surface area contributed by atoms with Crippen LogP contribution in [0.4, 0.5) is 0 Å². The summed E-state index contributed by atoms with van der Waals surface area (Å²) in [6.07, 6.45) is 9.69. The number of hydrogen-bond acceptors (Lipinski definition) is 2. The Morgan fingerprint density at radius 1 is 0.893 bits per heavy atom. The highest BCUT2D eigenvalue weighted by molar-refractivity contribution is 6.08. The highest BCUT2D eigenvalue weighted by Gasteiger charge is 2.17. The maximum atomic E-state index is 4.33. The molecule has 0 bridgehead atoms. The van der Waals surface area contributed by atoms with Gasteiger partial charge in [-0.2, -0.15) is 4.57 Å². The van der Waals surface area contributed by atoms with E-state index in [1.807, 2.05) is 24.8 Å². The van der Waals surface area contributed by atoms with Crippen molar-refractivity contribution in [2.45, 2.75) is 20.4 Å². The number of hydrogen-bond donors (Lipinski definition) is 0. The molecule has 5 rings (SSSR count). The first kappa shape index (κ1) is 16.6. The van der Waals surface area contributed by atoms with Crippen molar-refractivity contribution in [2.24, 2.45) is 0 Å². The standard InChI is InChI=1S/C24H21N4/c1-3-27-13-5-4-6-22(27)19-14-18(8-7-17(19)2)28-23-9-11-25-15-20(23)21-16-26-12-10-24(21)28/h4-16H,3H2,1-2H3/q+1. The van der Waals surface area contributed by atoms with E-state index >= 15 is 0 Å². The third kappa shape index (κ3) is 2.49. The molecular formula is C24H21N4+. The number of pyridine rings is 3. The van der Waals surface area contributed by atoms with Crippen molar-refractivity contribution >= 4 is 21.8 Å². The molecular weight excluding hydrogens is 344 g/mol. The summed E-state index contributed by atoms with van der Waals surface area (Å²) in [4.78, 5) is 8.65. The molecule has 4 heterocycles. The van der Waals surface area contributed by atoms with Crippen molar-refractivity contribution in [1.82, 2.24) is 14.5 Å². The van der Waals surface area contributed by atoms with Crippen LogP contribution >= 0.6 is 0 Å². The van der Waals surface area contributed by atoms with Crippen molar-refractivity contribution in [2.75, 3.05) is 0 Å². The maximum Gasteiger partial charge on any atom is 0.212 e. The van der Waals surface area contributed by atoms with Gasteiger partial charge in [0.05, 0.1) is 16.6 Å². The molecule has 0 unspecified atom stereocenters. The topological polar surface area (TPSA) is 34.6 Å². The van der Waals surface area contributed by atoms with Gasteiger partial charge in [0, 0.05) is 53.4 Å². The molecule has 5 aromatic rings. The van der Waals surface area contributed by atoms with Crippen LogP contribution in [-0.4, -0.2) is 14.5 Å². The van der Waals surface area contributed by atoms with Crippen LogP contribution in [0.2, 0.25) is 0 Å². The minimum Gasteiger partial charge on any atom is -0.309 e. The third-order valence-corrected chi connectivity index (χ3v) is 5.40. The molecule has 1 aromatic carbocycles. The zero-order chi connectivity index (χ0) is 19.1. The molecule has 0 aliphatic carbocycles. The minimum absolute atomic E-state index is 0.937. The molecule has 0 saturated heterocycles. The lowest BCUT2D eigenvalue weighted by atomic mass is 10.0. The summed E-state index contributed by atoms with van der Waals surface area (Å²) in [5.74, 6) is 0. The van der Waals surface area contributed by atoms with Gasteiger partial charge >= 0.3 is 0 Å². The van der Waals surface area contributed by atoms with E-state index < -0.39 is 0 Å². The monoisotopic (exact) mass is 365 g/mol. The van der Waals surface area contributed by atoms with Gasteiger partial charge in [-0.3, -0.25) is 9.97 Å². The number of rotatable bonds is 3. The number of benzene rings is 1. The van der Waals surface area contributed by atoms with Crippen molar-refractivity contribution in [3.05, 3.63) is 85.1 Å². The van der Waals surface area contributed by atoms with Crippen LogP contribution < -0.4 is 4.57 Å². The predicted octanol–water partition coefficient (Wildman–Crippen LogP) is 4.86. The molecule has 136 valence electrons. The molecule has 0 radical (unpaired) electrons. The van der Waals surface area contributed by atoms with E-state index in [9.17, 15) is 0 Å². The highest BCUT2D eigenvalue weighted by Crippen LogP contribution is 2.32. The molecule has 0 N–H and O–H groups in total. The second kappa shape index (κ2) is 6.57. The van der Waals surface area contributed by atoms with Gasteiger partial charge in [-0.05, 0) is 49.7 Å². The Bertz CT molecular complexity index is 1260. The first-order valence-electron chi connectivity index (χ1n) is 9.56. The number of aryl methyl sites for hydroxylation is 2. The van der Waals surface area contributed by atoms with Gasteiger partial charge in [0.1, 0.15) is 6.54 Å². The van der Waals surface area contributed by atoms with E-state index in [0.717, 1.165) is 34.0 Å². The fourth-order valence-electron chi connectivity index (χ4n) is 4.01. The Kier molecular flexibility index (Phi) is 3.90. The summed E-state index contributed by atoms with van der Waals surface area (Å²) in [7, 11) is 0. The largest absolute Gasteiger partial charge is 0.309 e. The van der Waals surface area contributed by atoms with E-state index in [-0.39, 0.29) is 0 Å². The predicted molar refractivity (Wildman–Crippen MR) is 112 cm³/mol. The van der Waals surface area contributed by atoms with E-state index in [1.54, 1.807) is 0 Å². The van der Waals surface area contributed by atoms with E-state index in [4.69, 9.17) is 0 Å². The smallest absolute Gasteiger partial charge is 0.212 e. The Labute approximate surface area is 163 Å². The van der Waals surface area contributed by atoms with Crippen molar-refractivity contribution in [3.8, 4) is 16.9 Å². The van der Waals surface area contributed by atoms with Gasteiger partial charge in [0.15, 0.2) is 6.20 Å². The van der Waals surface area contributed by atoms with Crippen LogP contribution in [0, 0.1) is 6.92 Å². The molecule has 0 fully saturated rings. The fraction of sp³-hybridized carbons (Fsp3) is 0.125. The zero-order valence-corrected chi connectivity index (χ0v) is 16.0. The second-order valence-corrected chi connectivity index (χ2v) is 6.99. The summed E-state index contributed by atoms with van der Waals surface area (Å²) in [6.45, 7) is 5.29. The zero-order valence-electron chi connectivity index (χ0n) is 16.0. The van der Waals surface area contributed by atoms with E-state index in [1.165, 1.54) is 16.8 Å². The molecule has 4 nitrogen and oxygen atoms in total. The summed E-state index contributed by atoms with van der Waals surface area (Å²) in [6, 6.07) is 17.2. The Balaban J connectivity index is 1.82. The average molecular weight is 365 g/mol. The normalized spacial score (nSPS) is 11.4. The molecule has 28 heavy (non-hydrogen) atoms. The number of fused-ring (bicyclic) bond motifs is 3. The van der Waals surface area contributed by atoms with Crippen LogP contribution in [0.1, 0.15) is 12.5 Å². The average Bonchev–Trinajstić information content (AvgIpc) is 3.09. The number of aromatic nitrogens is 4. The maximum absolute atomic E-state index is 4.33. The second-order valence-electron chi connectivity index (χ2n) is 6.99. The van der Waals surface area contributed by atoms with Gasteiger partial charge in [0.2, 0.25) is 5.69 Å². The van der Waals surface area contributed by atoms with Crippen LogP contribution in [-0.2, 0) is 6.54 Å². The van der Waals surface area contributed by atoms with Gasteiger partial charge in [-0.15, -0.1) is 0 Å². The van der Waals surface area contributed by atoms with E-state index in [2.05, 4.69) is 87.7 Å². The van der Waals surface area contributed by atoms with Crippen molar-refractivity contribution in [1.29, 1.82) is 0 Å². The first-order chi connectivity index (χ1) is 13.8. The van der Waals surface area contributed by atoms with Gasteiger partial charge in [0.25, 0.3) is 0 Å². The lowest BCUT2D eigenvalue weighted by Crippen LogP contribution is -2.34. The minimum atomic E-state index is 0.937. The van der Waals surface area contributed by atoms with E-state index in [0.29, 0.717) is 0 Å². The molecule has 4 heteroatoms. The molecule has 0 atom stereocenters. The molecule has 0 aliphatic heterocycles. The lowest BCUT2D eigenvalue weighted by molar-refractivity contribution is -0.682. The third-order valence-electron chi connectivity index (χ3n) is 5.40. The quantitative estimate of drug-likeness (QED) is 0.428. The van der Waals surface area contributed by atoms with Crippen LogP contribution in [0.15, 0.2) is 79.5 Å². The summed E-state index contributed by atoms with van der Waals surface area (Å²) < 4.78 is 4.59. The summed E-state index contributed by atoms with van der Waals surface area (Å²) >= 11 is 0. The number of nitrogens with zero attached hydrogens (tertiary/aromatic N) is 4. The SMILES string of the molecule is CC[n+]1ccccc1-c1cc(-n2c3ccncc3c3cnccc32)ccc1C. The fourth-order valence-corrected chi connectivity index (χ4v) is 4.01. The summed E-state index contributed by atoms with van der Waals surface area (Å²) in [5.41, 5.74) is 7.17. The Hall–Kier alpha value is -3.53. The first-order valence-corrected chi connectivity index (χ1v) is 9.56. The van der Waals surface area contributed by atoms with Gasteiger partial charge in [-0.1, -0.05) is 6.07 Å². The highest BCUT2D eigenvalue weighted by atomic mass is 15.0.